The van der Waals surface area contributed by atoms with E-state index < -0.39 is 5.92 Å². The number of nitrogens with one attached hydrogen (secondary N) is 1. The van der Waals surface area contributed by atoms with Crippen LogP contribution < -0.4 is 14.8 Å². The summed E-state index contributed by atoms with van der Waals surface area (Å²) in [6.07, 6.45) is 0. The Balaban J connectivity index is 1.80. The van der Waals surface area contributed by atoms with Crippen molar-refractivity contribution in [2.75, 3.05) is 32.6 Å². The number of carbonyl (C=O) groups is 1. The van der Waals surface area contributed by atoms with Gasteiger partial charge in [-0.05, 0) is 62.8 Å². The van der Waals surface area contributed by atoms with Crippen LogP contribution in [0, 0.1) is 0 Å². The summed E-state index contributed by atoms with van der Waals surface area (Å²) < 4.78 is 11.6. The van der Waals surface area contributed by atoms with Crippen molar-refractivity contribution in [1.82, 2.24) is 4.90 Å². The van der Waals surface area contributed by atoms with E-state index in [4.69, 9.17) is 14.5 Å². The van der Waals surface area contributed by atoms with Crippen molar-refractivity contribution in [2.45, 2.75) is 26.3 Å². The number of amides is 1. The highest BCUT2D eigenvalue weighted by Crippen LogP contribution is 2.43. The third-order valence-corrected chi connectivity index (χ3v) is 5.57. The minimum Gasteiger partial charge on any atom is -0.490 e. The number of aliphatic imine (C=N–C) groups is 1. The van der Waals surface area contributed by atoms with E-state index in [0.29, 0.717) is 30.4 Å². The number of benzene rings is 3. The van der Waals surface area contributed by atoms with Crippen LogP contribution in [0.3, 0.4) is 0 Å². The molecule has 0 saturated heterocycles. The molecule has 1 amide bonds. The van der Waals surface area contributed by atoms with E-state index in [2.05, 4.69) is 22.3 Å². The van der Waals surface area contributed by atoms with Gasteiger partial charge in [0, 0.05) is 18.3 Å². The predicted molar refractivity (Wildman–Crippen MR) is 137 cm³/mol. The first kappa shape index (κ1) is 23.5. The number of nitrogens with zero attached hydrogens (tertiary/aromatic N) is 2. The van der Waals surface area contributed by atoms with Crippen molar-refractivity contribution >= 4 is 23.0 Å². The normalized spacial score (nSPS) is 15.3. The third kappa shape index (κ3) is 5.13. The molecular weight excluding hydrogens is 426 g/mol. The lowest BCUT2D eigenvalue weighted by molar-refractivity contribution is -0.115. The van der Waals surface area contributed by atoms with Crippen LogP contribution in [0.1, 0.15) is 36.5 Å². The zero-order valence-corrected chi connectivity index (χ0v) is 20.2. The second kappa shape index (κ2) is 10.5. The largest absolute Gasteiger partial charge is 0.490 e. The van der Waals surface area contributed by atoms with Crippen molar-refractivity contribution in [1.29, 1.82) is 0 Å². The third-order valence-electron chi connectivity index (χ3n) is 5.57. The van der Waals surface area contributed by atoms with Gasteiger partial charge in [-0.2, -0.15) is 0 Å². The Morgan fingerprint density at radius 2 is 1.59 bits per heavy atom. The molecular formula is C28H31N3O3. The lowest BCUT2D eigenvalue weighted by Crippen LogP contribution is -2.22. The van der Waals surface area contributed by atoms with Crippen LogP contribution in [-0.2, 0) is 11.3 Å². The number of ether oxygens (including phenoxy) is 2. The van der Waals surface area contributed by atoms with Gasteiger partial charge in [0.05, 0.1) is 24.6 Å². The number of fused-ring (bicyclic) bond motifs is 1. The monoisotopic (exact) mass is 457 g/mol. The fourth-order valence-electron chi connectivity index (χ4n) is 4.16. The zero-order valence-electron chi connectivity index (χ0n) is 20.2. The summed E-state index contributed by atoms with van der Waals surface area (Å²) in [5.41, 5.74) is 5.18. The maximum absolute atomic E-state index is 13.3. The molecule has 3 aromatic carbocycles. The highest BCUT2D eigenvalue weighted by molar-refractivity contribution is 6.24. The number of hydrogen-bond donors (Lipinski definition) is 1. The predicted octanol–water partition coefficient (Wildman–Crippen LogP) is 5.40. The molecule has 0 saturated carbocycles. The quantitative estimate of drug-likeness (QED) is 0.437. The van der Waals surface area contributed by atoms with Crippen LogP contribution in [0.2, 0.25) is 0 Å². The number of anilines is 1. The van der Waals surface area contributed by atoms with Gasteiger partial charge in [-0.3, -0.25) is 9.79 Å². The van der Waals surface area contributed by atoms with Crippen LogP contribution in [0.4, 0.5) is 11.4 Å². The molecule has 176 valence electrons. The SMILES string of the molecule is CCOc1cc2c(cc1OCC)C(C(=Nc1ccc(CN(C)C)cc1)c1ccccc1)C(=O)N2. The molecule has 1 unspecified atom stereocenters. The summed E-state index contributed by atoms with van der Waals surface area (Å²) in [4.78, 5) is 20.4. The van der Waals surface area contributed by atoms with E-state index in [1.54, 1.807) is 0 Å². The zero-order chi connectivity index (χ0) is 24.1. The summed E-state index contributed by atoms with van der Waals surface area (Å²) in [5, 5.41) is 3.02. The molecule has 34 heavy (non-hydrogen) atoms. The van der Waals surface area contributed by atoms with Gasteiger partial charge in [0.25, 0.3) is 0 Å². The summed E-state index contributed by atoms with van der Waals surface area (Å²) in [6, 6.07) is 21.8. The Labute approximate surface area is 201 Å². The molecule has 6 heteroatoms. The molecule has 0 bridgehead atoms. The van der Waals surface area contributed by atoms with Crippen molar-refractivity contribution < 1.29 is 14.3 Å². The number of rotatable bonds is 9. The van der Waals surface area contributed by atoms with Crippen LogP contribution in [-0.4, -0.2) is 43.8 Å². The highest BCUT2D eigenvalue weighted by atomic mass is 16.5. The van der Waals surface area contributed by atoms with Gasteiger partial charge in [-0.1, -0.05) is 42.5 Å². The topological polar surface area (TPSA) is 63.2 Å². The second-order valence-corrected chi connectivity index (χ2v) is 8.44. The van der Waals surface area contributed by atoms with Gasteiger partial charge >= 0.3 is 0 Å². The van der Waals surface area contributed by atoms with Crippen molar-refractivity contribution in [3.8, 4) is 11.5 Å². The van der Waals surface area contributed by atoms with E-state index in [1.165, 1.54) is 5.56 Å². The first-order valence-corrected chi connectivity index (χ1v) is 11.6. The molecule has 1 aliphatic heterocycles. The van der Waals surface area contributed by atoms with E-state index in [1.807, 2.05) is 82.5 Å². The van der Waals surface area contributed by atoms with Gasteiger partial charge in [0.2, 0.25) is 5.91 Å². The van der Waals surface area contributed by atoms with Crippen LogP contribution >= 0.6 is 0 Å². The lowest BCUT2D eigenvalue weighted by Gasteiger charge is -2.16. The highest BCUT2D eigenvalue weighted by Gasteiger charge is 2.36. The fourth-order valence-corrected chi connectivity index (χ4v) is 4.16. The molecule has 1 aliphatic rings. The Hall–Kier alpha value is -3.64. The van der Waals surface area contributed by atoms with Gasteiger partial charge in [-0.15, -0.1) is 0 Å². The standard InChI is InChI=1S/C28H31N3O3/c1-5-33-24-16-22-23(17-25(24)34-6-2)30-28(32)26(22)27(20-10-8-7-9-11-20)29-21-14-12-19(13-15-21)18-31(3)4/h7-17,26H,5-6,18H2,1-4H3,(H,30,32). The Bertz CT molecular complexity index is 1170. The van der Waals surface area contributed by atoms with E-state index in [9.17, 15) is 4.79 Å². The molecule has 4 rings (SSSR count). The van der Waals surface area contributed by atoms with Crippen molar-refractivity contribution in [2.24, 2.45) is 4.99 Å². The molecule has 1 heterocycles. The molecule has 1 N–H and O–H groups in total. The summed E-state index contributed by atoms with van der Waals surface area (Å²) in [5.74, 6) is 0.579. The first-order valence-electron chi connectivity index (χ1n) is 11.6. The summed E-state index contributed by atoms with van der Waals surface area (Å²) >= 11 is 0. The Morgan fingerprint density at radius 3 is 2.21 bits per heavy atom. The molecule has 1 atom stereocenters. The Morgan fingerprint density at radius 1 is 0.941 bits per heavy atom. The average molecular weight is 458 g/mol. The minimum atomic E-state index is -0.561. The molecule has 0 radical (unpaired) electrons. The first-order chi connectivity index (χ1) is 16.5. The van der Waals surface area contributed by atoms with Gasteiger partial charge in [-0.25, -0.2) is 0 Å². The lowest BCUT2D eigenvalue weighted by atomic mass is 9.90. The average Bonchev–Trinajstić information content (AvgIpc) is 3.14. The van der Waals surface area contributed by atoms with Crippen LogP contribution in [0.5, 0.6) is 11.5 Å². The Kier molecular flexibility index (Phi) is 7.28. The molecule has 0 aliphatic carbocycles. The minimum absolute atomic E-state index is 0.113. The number of carbonyl (C=O) groups excluding carboxylic acids is 1. The molecule has 3 aromatic rings. The smallest absolute Gasteiger partial charge is 0.238 e. The maximum Gasteiger partial charge on any atom is 0.238 e. The second-order valence-electron chi connectivity index (χ2n) is 8.44. The maximum atomic E-state index is 13.3. The molecule has 6 nitrogen and oxygen atoms in total. The van der Waals surface area contributed by atoms with Crippen LogP contribution in [0.15, 0.2) is 71.7 Å². The van der Waals surface area contributed by atoms with Gasteiger partial charge < -0.3 is 19.7 Å². The van der Waals surface area contributed by atoms with Crippen molar-refractivity contribution in [3.63, 3.8) is 0 Å². The fraction of sp³-hybridized carbons (Fsp3) is 0.286. The molecule has 0 spiro atoms. The van der Waals surface area contributed by atoms with E-state index >= 15 is 0 Å². The molecule has 0 fully saturated rings. The van der Waals surface area contributed by atoms with Crippen molar-refractivity contribution in [3.05, 3.63) is 83.4 Å². The number of hydrogen-bond acceptors (Lipinski definition) is 5. The van der Waals surface area contributed by atoms with Gasteiger partial charge in [0.15, 0.2) is 11.5 Å². The molecule has 0 aromatic heterocycles. The summed E-state index contributed by atoms with van der Waals surface area (Å²) in [6.45, 7) is 5.73. The van der Waals surface area contributed by atoms with E-state index in [-0.39, 0.29) is 5.91 Å². The summed E-state index contributed by atoms with van der Waals surface area (Å²) in [7, 11) is 4.09. The van der Waals surface area contributed by atoms with Gasteiger partial charge in [0.1, 0.15) is 5.92 Å². The van der Waals surface area contributed by atoms with Crippen LogP contribution in [0.25, 0.3) is 0 Å². The van der Waals surface area contributed by atoms with E-state index in [0.717, 1.165) is 29.0 Å².